The van der Waals surface area contributed by atoms with Crippen LogP contribution in [-0.4, -0.2) is 54.3 Å². The molecular weight excluding hydrogens is 411 g/mol. The van der Waals surface area contributed by atoms with Gasteiger partial charge in [-0.05, 0) is 36.1 Å². The molecule has 0 saturated carbocycles. The zero-order valence-electron chi connectivity index (χ0n) is 16.4. The molecule has 0 aromatic heterocycles. The Balaban J connectivity index is 1.57. The van der Waals surface area contributed by atoms with Crippen molar-refractivity contribution in [3.63, 3.8) is 0 Å². The standard InChI is InChI=1S/C21H25FN2O5S/c22-19-8-4-5-17(13-19)14-29-20-9-11-23(12-10-20)30(27,28)15-21(24(26)16-25)18-6-2-1-3-7-18/h1-8,13,16,20-21,26H,9-12,14-15H2. The van der Waals surface area contributed by atoms with Gasteiger partial charge in [0.15, 0.2) is 0 Å². The van der Waals surface area contributed by atoms with Crippen LogP contribution in [0.3, 0.4) is 0 Å². The minimum atomic E-state index is -3.71. The minimum Gasteiger partial charge on any atom is -0.373 e. The van der Waals surface area contributed by atoms with Crippen LogP contribution in [0.2, 0.25) is 0 Å². The highest BCUT2D eigenvalue weighted by Crippen LogP contribution is 2.24. The van der Waals surface area contributed by atoms with Crippen LogP contribution >= 0.6 is 0 Å². The monoisotopic (exact) mass is 436 g/mol. The maximum Gasteiger partial charge on any atom is 0.233 e. The molecule has 1 aliphatic rings. The molecule has 1 atom stereocenters. The Bertz CT molecular complexity index is 933. The van der Waals surface area contributed by atoms with E-state index in [0.717, 1.165) is 5.56 Å². The number of sulfonamides is 1. The Kier molecular flexibility index (Phi) is 7.54. The summed E-state index contributed by atoms with van der Waals surface area (Å²) in [6, 6.07) is 13.7. The average molecular weight is 437 g/mol. The number of hydroxylamine groups is 2. The Morgan fingerprint density at radius 1 is 1.17 bits per heavy atom. The lowest BCUT2D eigenvalue weighted by Crippen LogP contribution is -2.44. The molecule has 2 aromatic rings. The normalized spacial score (nSPS) is 16.9. The number of carbonyl (C=O) groups excluding carboxylic acids is 1. The lowest BCUT2D eigenvalue weighted by atomic mass is 10.1. The van der Waals surface area contributed by atoms with Crippen LogP contribution in [0.4, 0.5) is 4.39 Å². The number of hydrogen-bond donors (Lipinski definition) is 1. The number of hydrogen-bond acceptors (Lipinski definition) is 5. The van der Waals surface area contributed by atoms with Crippen molar-refractivity contribution in [1.29, 1.82) is 0 Å². The predicted octanol–water partition coefficient (Wildman–Crippen LogP) is 2.73. The third-order valence-electron chi connectivity index (χ3n) is 5.15. The van der Waals surface area contributed by atoms with Gasteiger partial charge in [0.2, 0.25) is 16.4 Å². The summed E-state index contributed by atoms with van der Waals surface area (Å²) in [4.78, 5) is 11.1. The molecule has 1 unspecified atom stereocenters. The van der Waals surface area contributed by atoms with E-state index in [4.69, 9.17) is 4.74 Å². The van der Waals surface area contributed by atoms with Crippen molar-refractivity contribution in [2.24, 2.45) is 0 Å². The van der Waals surface area contributed by atoms with Gasteiger partial charge < -0.3 is 4.74 Å². The molecule has 0 spiro atoms. The quantitative estimate of drug-likeness (QED) is 0.371. The fourth-order valence-electron chi connectivity index (χ4n) is 3.50. The number of benzene rings is 2. The molecule has 1 heterocycles. The van der Waals surface area contributed by atoms with Crippen molar-refractivity contribution in [2.75, 3.05) is 18.8 Å². The van der Waals surface area contributed by atoms with E-state index in [1.165, 1.54) is 16.4 Å². The first-order valence-electron chi connectivity index (χ1n) is 9.70. The van der Waals surface area contributed by atoms with E-state index in [-0.39, 0.29) is 38.0 Å². The fraction of sp³-hybridized carbons (Fsp3) is 0.381. The summed E-state index contributed by atoms with van der Waals surface area (Å²) in [6.07, 6.45) is 1.12. The maximum atomic E-state index is 13.3. The first-order valence-corrected chi connectivity index (χ1v) is 11.3. The Morgan fingerprint density at radius 2 is 1.87 bits per heavy atom. The molecule has 3 rings (SSSR count). The van der Waals surface area contributed by atoms with Crippen molar-refractivity contribution >= 4 is 16.4 Å². The van der Waals surface area contributed by atoms with Crippen molar-refractivity contribution in [2.45, 2.75) is 31.6 Å². The van der Waals surface area contributed by atoms with E-state index >= 15 is 0 Å². The largest absolute Gasteiger partial charge is 0.373 e. The van der Waals surface area contributed by atoms with E-state index in [2.05, 4.69) is 0 Å². The van der Waals surface area contributed by atoms with Gasteiger partial charge in [-0.15, -0.1) is 0 Å². The Labute approximate surface area is 175 Å². The topological polar surface area (TPSA) is 87.2 Å². The molecule has 1 amide bonds. The van der Waals surface area contributed by atoms with Crippen molar-refractivity contribution in [1.82, 2.24) is 9.37 Å². The summed E-state index contributed by atoms with van der Waals surface area (Å²) in [5.41, 5.74) is 1.26. The summed E-state index contributed by atoms with van der Waals surface area (Å²) in [5, 5.41) is 10.3. The number of ether oxygens (including phenoxy) is 1. The van der Waals surface area contributed by atoms with Gasteiger partial charge in [0.1, 0.15) is 5.82 Å². The van der Waals surface area contributed by atoms with Crippen LogP contribution in [0.5, 0.6) is 0 Å². The van der Waals surface area contributed by atoms with Crippen molar-refractivity contribution < 1.29 is 27.5 Å². The van der Waals surface area contributed by atoms with Crippen LogP contribution in [0.15, 0.2) is 54.6 Å². The van der Waals surface area contributed by atoms with E-state index in [9.17, 15) is 22.8 Å². The van der Waals surface area contributed by atoms with Crippen LogP contribution in [0.1, 0.15) is 30.0 Å². The van der Waals surface area contributed by atoms with Crippen LogP contribution < -0.4 is 0 Å². The molecule has 9 heteroatoms. The van der Waals surface area contributed by atoms with E-state index in [1.807, 2.05) is 0 Å². The fourth-order valence-corrected chi connectivity index (χ4v) is 5.22. The molecule has 30 heavy (non-hydrogen) atoms. The molecule has 1 aliphatic heterocycles. The first-order chi connectivity index (χ1) is 14.4. The molecule has 1 N–H and O–H groups in total. The molecule has 7 nitrogen and oxygen atoms in total. The highest BCUT2D eigenvalue weighted by molar-refractivity contribution is 7.89. The molecule has 162 valence electrons. The molecule has 1 fully saturated rings. The molecule has 2 aromatic carbocycles. The zero-order valence-corrected chi connectivity index (χ0v) is 17.2. The van der Waals surface area contributed by atoms with Gasteiger partial charge in [0, 0.05) is 13.1 Å². The van der Waals surface area contributed by atoms with Gasteiger partial charge in [-0.25, -0.2) is 22.2 Å². The summed E-state index contributed by atoms with van der Waals surface area (Å²) >= 11 is 0. The first kappa shape index (κ1) is 22.4. The Hall–Kier alpha value is -2.33. The summed E-state index contributed by atoms with van der Waals surface area (Å²) in [6.45, 7) is 0.832. The second kappa shape index (κ2) is 10.1. The summed E-state index contributed by atoms with van der Waals surface area (Å²) in [5.74, 6) is -0.737. The average Bonchev–Trinajstić information content (AvgIpc) is 2.76. The number of halogens is 1. The third-order valence-corrected chi connectivity index (χ3v) is 7.04. The highest BCUT2D eigenvalue weighted by atomic mass is 32.2. The number of nitrogens with zero attached hydrogens (tertiary/aromatic N) is 2. The van der Waals surface area contributed by atoms with E-state index < -0.39 is 21.8 Å². The molecular formula is C21H25FN2O5S. The zero-order chi connectivity index (χ0) is 21.6. The molecule has 0 bridgehead atoms. The SMILES string of the molecule is O=CN(O)C(CS(=O)(=O)N1CCC(OCc2cccc(F)c2)CC1)c1ccccc1. The van der Waals surface area contributed by atoms with Crippen LogP contribution in [0, 0.1) is 5.82 Å². The second-order valence-electron chi connectivity index (χ2n) is 7.23. The molecule has 0 radical (unpaired) electrons. The van der Waals surface area contributed by atoms with Gasteiger partial charge in [0.05, 0.1) is 24.5 Å². The van der Waals surface area contributed by atoms with Crippen LogP contribution in [0.25, 0.3) is 0 Å². The number of carbonyl (C=O) groups is 1. The lowest BCUT2D eigenvalue weighted by Gasteiger charge is -2.33. The minimum absolute atomic E-state index is 0.117. The number of rotatable bonds is 9. The third kappa shape index (κ3) is 5.85. The number of piperidine rings is 1. The van der Waals surface area contributed by atoms with Crippen molar-refractivity contribution in [3.8, 4) is 0 Å². The predicted molar refractivity (Wildman–Crippen MR) is 108 cm³/mol. The van der Waals surface area contributed by atoms with Gasteiger partial charge in [-0.3, -0.25) is 10.0 Å². The molecule has 0 aliphatic carbocycles. The number of amides is 1. The van der Waals surface area contributed by atoms with Crippen LogP contribution in [-0.2, 0) is 26.2 Å². The van der Waals surface area contributed by atoms with Gasteiger partial charge in [-0.1, -0.05) is 42.5 Å². The Morgan fingerprint density at radius 3 is 2.50 bits per heavy atom. The van der Waals surface area contributed by atoms with Crippen molar-refractivity contribution in [3.05, 3.63) is 71.5 Å². The lowest BCUT2D eigenvalue weighted by molar-refractivity contribution is -0.159. The van der Waals surface area contributed by atoms with E-state index in [0.29, 0.717) is 23.5 Å². The van der Waals surface area contributed by atoms with Gasteiger partial charge in [0.25, 0.3) is 0 Å². The summed E-state index contributed by atoms with van der Waals surface area (Å²) in [7, 11) is -3.71. The van der Waals surface area contributed by atoms with E-state index in [1.54, 1.807) is 42.5 Å². The maximum absolute atomic E-state index is 13.3. The molecule has 1 saturated heterocycles. The highest BCUT2D eigenvalue weighted by Gasteiger charge is 2.33. The van der Waals surface area contributed by atoms with Gasteiger partial charge in [-0.2, -0.15) is 0 Å². The van der Waals surface area contributed by atoms with Gasteiger partial charge >= 0.3 is 0 Å². The smallest absolute Gasteiger partial charge is 0.233 e. The second-order valence-corrected chi connectivity index (χ2v) is 9.24. The summed E-state index contributed by atoms with van der Waals surface area (Å²) < 4.78 is 46.2.